The molecule has 1 amide bonds. The second-order valence-corrected chi connectivity index (χ2v) is 4.01. The summed E-state index contributed by atoms with van der Waals surface area (Å²) >= 11 is 0. The van der Waals surface area contributed by atoms with E-state index in [1.807, 2.05) is 30.3 Å². The molecule has 3 nitrogen and oxygen atoms in total. The molecule has 0 aliphatic heterocycles. The fourth-order valence-electron chi connectivity index (χ4n) is 1.68. The first-order valence-electron chi connectivity index (χ1n) is 5.18. The summed E-state index contributed by atoms with van der Waals surface area (Å²) in [5.41, 5.74) is 6.34. The van der Waals surface area contributed by atoms with Crippen molar-refractivity contribution in [2.75, 3.05) is 6.61 Å². The predicted molar refractivity (Wildman–Crippen MR) is 56.9 cm³/mol. The highest BCUT2D eigenvalue weighted by molar-refractivity contribution is 5.79. The minimum Gasteiger partial charge on any atom is -0.376 e. The summed E-state index contributed by atoms with van der Waals surface area (Å²) in [7, 11) is 0. The molecule has 1 saturated carbocycles. The number of amides is 1. The van der Waals surface area contributed by atoms with Gasteiger partial charge in [-0.1, -0.05) is 30.3 Å². The molecular formula is C12H15NO2. The predicted octanol–water partition coefficient (Wildman–Crippen LogP) is 1.32. The summed E-state index contributed by atoms with van der Waals surface area (Å²) in [4.78, 5) is 10.8. The van der Waals surface area contributed by atoms with Gasteiger partial charge >= 0.3 is 0 Å². The average molecular weight is 205 g/mol. The quantitative estimate of drug-likeness (QED) is 0.788. The van der Waals surface area contributed by atoms with Crippen molar-refractivity contribution >= 4 is 5.91 Å². The van der Waals surface area contributed by atoms with E-state index in [2.05, 4.69) is 0 Å². The van der Waals surface area contributed by atoms with Crippen molar-refractivity contribution in [3.05, 3.63) is 35.9 Å². The molecule has 2 unspecified atom stereocenters. The van der Waals surface area contributed by atoms with E-state index in [1.54, 1.807) is 0 Å². The van der Waals surface area contributed by atoms with E-state index in [4.69, 9.17) is 10.5 Å². The molecule has 1 aliphatic carbocycles. The van der Waals surface area contributed by atoms with Crippen molar-refractivity contribution in [3.8, 4) is 0 Å². The summed E-state index contributed by atoms with van der Waals surface area (Å²) in [6, 6.07) is 10.0. The van der Waals surface area contributed by atoms with Gasteiger partial charge in [-0.2, -0.15) is 0 Å². The van der Waals surface area contributed by atoms with E-state index < -0.39 is 0 Å². The normalized spacial score (nSPS) is 23.7. The van der Waals surface area contributed by atoms with E-state index >= 15 is 0 Å². The van der Waals surface area contributed by atoms with Gasteiger partial charge < -0.3 is 10.5 Å². The number of carbonyl (C=O) groups excluding carboxylic acids is 1. The van der Waals surface area contributed by atoms with E-state index in [0.29, 0.717) is 19.1 Å². The van der Waals surface area contributed by atoms with Crippen LogP contribution in [0.2, 0.25) is 0 Å². The molecule has 0 saturated heterocycles. The van der Waals surface area contributed by atoms with Crippen LogP contribution in [-0.2, 0) is 16.1 Å². The zero-order valence-corrected chi connectivity index (χ0v) is 8.56. The van der Waals surface area contributed by atoms with Crippen LogP contribution >= 0.6 is 0 Å². The Hall–Kier alpha value is -1.35. The van der Waals surface area contributed by atoms with Gasteiger partial charge in [0.25, 0.3) is 0 Å². The third-order valence-corrected chi connectivity index (χ3v) is 2.73. The summed E-state index contributed by atoms with van der Waals surface area (Å²) in [6.45, 7) is 1.26. The van der Waals surface area contributed by atoms with Gasteiger partial charge in [0.2, 0.25) is 5.91 Å². The number of rotatable bonds is 5. The van der Waals surface area contributed by atoms with Crippen molar-refractivity contribution in [1.29, 1.82) is 0 Å². The maximum Gasteiger partial charge on any atom is 0.220 e. The van der Waals surface area contributed by atoms with Crippen LogP contribution in [0.3, 0.4) is 0 Å². The Kier molecular flexibility index (Phi) is 3.02. The lowest BCUT2D eigenvalue weighted by molar-refractivity contribution is -0.119. The second kappa shape index (κ2) is 4.45. The third-order valence-electron chi connectivity index (χ3n) is 2.73. The Morgan fingerprint density at radius 3 is 2.73 bits per heavy atom. The van der Waals surface area contributed by atoms with Gasteiger partial charge in [0, 0.05) is 5.92 Å². The number of hydrogen-bond acceptors (Lipinski definition) is 2. The first-order chi connectivity index (χ1) is 7.27. The van der Waals surface area contributed by atoms with Crippen LogP contribution in [-0.4, -0.2) is 12.5 Å². The second-order valence-electron chi connectivity index (χ2n) is 4.01. The number of hydrogen-bond donors (Lipinski definition) is 1. The minimum atomic E-state index is -0.191. The molecule has 1 aliphatic rings. The maximum absolute atomic E-state index is 10.8. The molecule has 2 rings (SSSR count). The van der Waals surface area contributed by atoms with Gasteiger partial charge in [0.05, 0.1) is 13.2 Å². The highest BCUT2D eigenvalue weighted by atomic mass is 16.5. The number of ether oxygens (including phenoxy) is 1. The first-order valence-corrected chi connectivity index (χ1v) is 5.18. The molecule has 0 spiro atoms. The highest BCUT2D eigenvalue weighted by Gasteiger charge is 2.41. The smallest absolute Gasteiger partial charge is 0.220 e. The van der Waals surface area contributed by atoms with Crippen molar-refractivity contribution < 1.29 is 9.53 Å². The maximum atomic E-state index is 10.8. The third kappa shape index (κ3) is 2.80. The van der Waals surface area contributed by atoms with Gasteiger partial charge in [0.1, 0.15) is 0 Å². The highest BCUT2D eigenvalue weighted by Crippen LogP contribution is 2.38. The molecule has 0 heterocycles. The lowest BCUT2D eigenvalue weighted by atomic mass is 10.2. The summed E-state index contributed by atoms with van der Waals surface area (Å²) in [5, 5.41) is 0. The van der Waals surface area contributed by atoms with Crippen LogP contribution in [0.4, 0.5) is 0 Å². The number of nitrogens with two attached hydrogens (primary N) is 1. The fraction of sp³-hybridized carbons (Fsp3) is 0.417. The Balaban J connectivity index is 1.67. The molecule has 0 aromatic heterocycles. The topological polar surface area (TPSA) is 52.3 Å². The zero-order valence-electron chi connectivity index (χ0n) is 8.56. The van der Waals surface area contributed by atoms with Crippen LogP contribution in [0, 0.1) is 11.8 Å². The largest absolute Gasteiger partial charge is 0.376 e. The van der Waals surface area contributed by atoms with Crippen LogP contribution in [0.1, 0.15) is 12.0 Å². The molecule has 3 heteroatoms. The molecule has 1 aromatic carbocycles. The molecule has 15 heavy (non-hydrogen) atoms. The lowest BCUT2D eigenvalue weighted by Crippen LogP contribution is -2.15. The molecular weight excluding hydrogens is 190 g/mol. The molecule has 2 atom stereocenters. The Bertz CT molecular complexity index is 337. The van der Waals surface area contributed by atoms with Crippen molar-refractivity contribution in [2.24, 2.45) is 17.6 Å². The van der Waals surface area contributed by atoms with E-state index in [9.17, 15) is 4.79 Å². The van der Waals surface area contributed by atoms with Crippen molar-refractivity contribution in [2.45, 2.75) is 13.0 Å². The van der Waals surface area contributed by atoms with Crippen LogP contribution in [0.5, 0.6) is 0 Å². The van der Waals surface area contributed by atoms with E-state index in [-0.39, 0.29) is 11.8 Å². The summed E-state index contributed by atoms with van der Waals surface area (Å²) in [6.07, 6.45) is 0.893. The van der Waals surface area contributed by atoms with E-state index in [1.165, 1.54) is 0 Å². The summed E-state index contributed by atoms with van der Waals surface area (Å²) < 4.78 is 5.52. The minimum absolute atomic E-state index is 0.0563. The monoisotopic (exact) mass is 205 g/mol. The molecule has 0 radical (unpaired) electrons. The summed E-state index contributed by atoms with van der Waals surface area (Å²) in [5.74, 6) is 0.218. The molecule has 80 valence electrons. The Morgan fingerprint density at radius 1 is 1.40 bits per heavy atom. The van der Waals surface area contributed by atoms with E-state index in [0.717, 1.165) is 12.0 Å². The number of benzene rings is 1. The SMILES string of the molecule is NC(=O)C1CC1COCc1ccccc1. The van der Waals surface area contributed by atoms with Crippen LogP contribution < -0.4 is 5.73 Å². The van der Waals surface area contributed by atoms with Crippen molar-refractivity contribution in [3.63, 3.8) is 0 Å². The van der Waals surface area contributed by atoms with Gasteiger partial charge in [-0.3, -0.25) is 4.79 Å². The number of primary amides is 1. The lowest BCUT2D eigenvalue weighted by Gasteiger charge is -2.02. The van der Waals surface area contributed by atoms with Gasteiger partial charge in [-0.15, -0.1) is 0 Å². The zero-order chi connectivity index (χ0) is 10.7. The molecule has 0 bridgehead atoms. The Morgan fingerprint density at radius 2 is 2.13 bits per heavy atom. The van der Waals surface area contributed by atoms with Crippen LogP contribution in [0.15, 0.2) is 30.3 Å². The molecule has 2 N–H and O–H groups in total. The Labute approximate surface area is 89.2 Å². The molecule has 1 aromatic rings. The fourth-order valence-corrected chi connectivity index (χ4v) is 1.68. The van der Waals surface area contributed by atoms with Gasteiger partial charge in [0.15, 0.2) is 0 Å². The van der Waals surface area contributed by atoms with Gasteiger partial charge in [-0.05, 0) is 17.9 Å². The molecule has 1 fully saturated rings. The standard InChI is InChI=1S/C12H15NO2/c13-12(14)11-6-10(11)8-15-7-9-4-2-1-3-5-9/h1-5,10-11H,6-8H2,(H2,13,14). The first kappa shape index (κ1) is 10.2. The van der Waals surface area contributed by atoms with Gasteiger partial charge in [-0.25, -0.2) is 0 Å². The van der Waals surface area contributed by atoms with Crippen molar-refractivity contribution in [1.82, 2.24) is 0 Å². The van der Waals surface area contributed by atoms with Crippen LogP contribution in [0.25, 0.3) is 0 Å². The number of carbonyl (C=O) groups is 1. The average Bonchev–Trinajstić information content (AvgIpc) is 2.99.